The van der Waals surface area contributed by atoms with Gasteiger partial charge < -0.3 is 10.2 Å². The molecule has 0 aromatic rings. The van der Waals surface area contributed by atoms with Gasteiger partial charge in [0, 0.05) is 31.6 Å². The molecule has 1 aliphatic rings. The lowest BCUT2D eigenvalue weighted by molar-refractivity contribution is -0.132. The third kappa shape index (κ3) is 4.20. The van der Waals surface area contributed by atoms with Crippen molar-refractivity contribution >= 4 is 5.91 Å². The molecule has 1 unspecified atom stereocenters. The summed E-state index contributed by atoms with van der Waals surface area (Å²) in [5, 5.41) is 3.38. The standard InChI is InChI=1S/C12H24N2O/c1-4-10(3)14(5-2)12(15)8-9-13-11-6-7-11/h10-11,13H,4-9H2,1-3H3. The molecule has 1 rings (SSSR count). The third-order valence-electron chi connectivity index (χ3n) is 3.13. The Morgan fingerprint density at radius 3 is 2.60 bits per heavy atom. The minimum atomic E-state index is 0.292. The molecular formula is C12H24N2O. The second-order valence-electron chi connectivity index (χ2n) is 4.42. The fourth-order valence-electron chi connectivity index (χ4n) is 1.77. The molecule has 0 aliphatic heterocycles. The highest BCUT2D eigenvalue weighted by molar-refractivity contribution is 5.76. The highest BCUT2D eigenvalue weighted by Crippen LogP contribution is 2.18. The van der Waals surface area contributed by atoms with Crippen LogP contribution in [0.4, 0.5) is 0 Å². The Morgan fingerprint density at radius 2 is 2.13 bits per heavy atom. The highest BCUT2D eigenvalue weighted by Gasteiger charge is 2.21. The molecule has 0 saturated heterocycles. The molecule has 0 spiro atoms. The molecule has 1 aliphatic carbocycles. The number of nitrogens with zero attached hydrogens (tertiary/aromatic N) is 1. The van der Waals surface area contributed by atoms with E-state index in [4.69, 9.17) is 0 Å². The Labute approximate surface area is 93.2 Å². The van der Waals surface area contributed by atoms with Crippen LogP contribution >= 0.6 is 0 Å². The van der Waals surface area contributed by atoms with E-state index in [1.54, 1.807) is 0 Å². The van der Waals surface area contributed by atoms with Crippen molar-refractivity contribution in [3.8, 4) is 0 Å². The molecule has 1 N–H and O–H groups in total. The van der Waals surface area contributed by atoms with Gasteiger partial charge in [-0.05, 0) is 33.1 Å². The molecule has 0 aromatic carbocycles. The fraction of sp³-hybridized carbons (Fsp3) is 0.917. The number of hydrogen-bond donors (Lipinski definition) is 1. The van der Waals surface area contributed by atoms with E-state index in [-0.39, 0.29) is 0 Å². The first-order valence-corrected chi connectivity index (χ1v) is 6.21. The fourth-order valence-corrected chi connectivity index (χ4v) is 1.77. The SMILES string of the molecule is CCC(C)N(CC)C(=O)CCNC1CC1. The molecule has 0 radical (unpaired) electrons. The van der Waals surface area contributed by atoms with Crippen LogP contribution in [0.15, 0.2) is 0 Å². The summed E-state index contributed by atoms with van der Waals surface area (Å²) in [7, 11) is 0. The monoisotopic (exact) mass is 212 g/mol. The first-order chi connectivity index (χ1) is 7.19. The summed E-state index contributed by atoms with van der Waals surface area (Å²) in [5.41, 5.74) is 0. The molecule has 3 heteroatoms. The van der Waals surface area contributed by atoms with E-state index < -0.39 is 0 Å². The van der Waals surface area contributed by atoms with Gasteiger partial charge in [-0.1, -0.05) is 6.92 Å². The van der Waals surface area contributed by atoms with Gasteiger partial charge in [0.15, 0.2) is 0 Å². The highest BCUT2D eigenvalue weighted by atomic mass is 16.2. The molecular weight excluding hydrogens is 188 g/mol. The van der Waals surface area contributed by atoms with Gasteiger partial charge in [-0.25, -0.2) is 0 Å². The number of hydrogen-bond acceptors (Lipinski definition) is 2. The second-order valence-corrected chi connectivity index (χ2v) is 4.42. The maximum Gasteiger partial charge on any atom is 0.224 e. The zero-order valence-corrected chi connectivity index (χ0v) is 10.3. The Kier molecular flexibility index (Phi) is 5.09. The van der Waals surface area contributed by atoms with Crippen LogP contribution in [0.5, 0.6) is 0 Å². The molecule has 1 fully saturated rings. The van der Waals surface area contributed by atoms with Crippen LogP contribution in [-0.4, -0.2) is 36.0 Å². The average molecular weight is 212 g/mol. The van der Waals surface area contributed by atoms with E-state index >= 15 is 0 Å². The van der Waals surface area contributed by atoms with Gasteiger partial charge in [-0.2, -0.15) is 0 Å². The van der Waals surface area contributed by atoms with Crippen LogP contribution in [0.3, 0.4) is 0 Å². The summed E-state index contributed by atoms with van der Waals surface area (Å²) < 4.78 is 0. The normalized spacial score (nSPS) is 17.5. The van der Waals surface area contributed by atoms with Gasteiger partial charge in [0.25, 0.3) is 0 Å². The predicted molar refractivity (Wildman–Crippen MR) is 62.8 cm³/mol. The van der Waals surface area contributed by atoms with Gasteiger partial charge in [-0.15, -0.1) is 0 Å². The zero-order valence-electron chi connectivity index (χ0n) is 10.3. The number of nitrogens with one attached hydrogen (secondary N) is 1. The van der Waals surface area contributed by atoms with Crippen LogP contribution in [0.25, 0.3) is 0 Å². The van der Waals surface area contributed by atoms with Crippen molar-refractivity contribution in [3.05, 3.63) is 0 Å². The first kappa shape index (κ1) is 12.5. The Hall–Kier alpha value is -0.570. The van der Waals surface area contributed by atoms with E-state index in [9.17, 15) is 4.79 Å². The van der Waals surface area contributed by atoms with E-state index in [0.29, 0.717) is 24.4 Å². The van der Waals surface area contributed by atoms with E-state index in [1.807, 2.05) is 4.90 Å². The molecule has 0 heterocycles. The summed E-state index contributed by atoms with van der Waals surface area (Å²) in [6.45, 7) is 7.98. The van der Waals surface area contributed by atoms with Gasteiger partial charge in [0.1, 0.15) is 0 Å². The Balaban J connectivity index is 2.21. The molecule has 0 aromatic heterocycles. The number of carbonyl (C=O) groups excluding carboxylic acids is 1. The summed E-state index contributed by atoms with van der Waals surface area (Å²) >= 11 is 0. The maximum absolute atomic E-state index is 11.9. The van der Waals surface area contributed by atoms with Crippen molar-refractivity contribution in [1.29, 1.82) is 0 Å². The molecule has 3 nitrogen and oxygen atoms in total. The smallest absolute Gasteiger partial charge is 0.224 e. The van der Waals surface area contributed by atoms with Crippen LogP contribution in [0.2, 0.25) is 0 Å². The van der Waals surface area contributed by atoms with Crippen molar-refractivity contribution in [2.45, 2.75) is 58.5 Å². The van der Waals surface area contributed by atoms with E-state index in [1.165, 1.54) is 12.8 Å². The number of amides is 1. The lowest BCUT2D eigenvalue weighted by Gasteiger charge is -2.27. The van der Waals surface area contributed by atoms with E-state index in [0.717, 1.165) is 19.5 Å². The summed E-state index contributed by atoms with van der Waals surface area (Å²) in [5.74, 6) is 0.292. The maximum atomic E-state index is 11.9. The minimum Gasteiger partial charge on any atom is -0.340 e. The minimum absolute atomic E-state index is 0.292. The van der Waals surface area contributed by atoms with Gasteiger partial charge in [0.2, 0.25) is 5.91 Å². The van der Waals surface area contributed by atoms with E-state index in [2.05, 4.69) is 26.1 Å². The Morgan fingerprint density at radius 1 is 1.47 bits per heavy atom. The van der Waals surface area contributed by atoms with Crippen molar-refractivity contribution in [1.82, 2.24) is 10.2 Å². The van der Waals surface area contributed by atoms with Crippen LogP contribution in [0, 0.1) is 0 Å². The average Bonchev–Trinajstić information content (AvgIpc) is 3.02. The second kappa shape index (κ2) is 6.11. The van der Waals surface area contributed by atoms with Crippen LogP contribution < -0.4 is 5.32 Å². The van der Waals surface area contributed by atoms with Crippen LogP contribution in [0.1, 0.15) is 46.5 Å². The summed E-state index contributed by atoms with van der Waals surface area (Å²) in [4.78, 5) is 13.8. The quantitative estimate of drug-likeness (QED) is 0.697. The number of carbonyl (C=O) groups is 1. The van der Waals surface area contributed by atoms with Crippen molar-refractivity contribution in [2.24, 2.45) is 0 Å². The van der Waals surface area contributed by atoms with Gasteiger partial charge in [-0.3, -0.25) is 4.79 Å². The molecule has 15 heavy (non-hydrogen) atoms. The van der Waals surface area contributed by atoms with Crippen molar-refractivity contribution in [2.75, 3.05) is 13.1 Å². The Bertz CT molecular complexity index is 202. The zero-order chi connectivity index (χ0) is 11.3. The topological polar surface area (TPSA) is 32.3 Å². The molecule has 88 valence electrons. The van der Waals surface area contributed by atoms with Gasteiger partial charge >= 0.3 is 0 Å². The van der Waals surface area contributed by atoms with Crippen molar-refractivity contribution < 1.29 is 4.79 Å². The van der Waals surface area contributed by atoms with Crippen LogP contribution in [-0.2, 0) is 4.79 Å². The third-order valence-corrected chi connectivity index (χ3v) is 3.13. The molecule has 0 bridgehead atoms. The molecule has 1 atom stereocenters. The lowest BCUT2D eigenvalue weighted by Crippen LogP contribution is -2.39. The van der Waals surface area contributed by atoms with Gasteiger partial charge in [0.05, 0.1) is 0 Å². The lowest BCUT2D eigenvalue weighted by atomic mass is 10.2. The predicted octanol–water partition coefficient (Wildman–Crippen LogP) is 1.78. The summed E-state index contributed by atoms with van der Waals surface area (Å²) in [6.07, 6.45) is 4.26. The molecule has 1 amide bonds. The first-order valence-electron chi connectivity index (χ1n) is 6.21. The largest absolute Gasteiger partial charge is 0.340 e. The molecule has 1 saturated carbocycles. The summed E-state index contributed by atoms with van der Waals surface area (Å²) in [6, 6.07) is 1.08. The van der Waals surface area contributed by atoms with Crippen molar-refractivity contribution in [3.63, 3.8) is 0 Å². The number of rotatable bonds is 7.